The quantitative estimate of drug-likeness (QED) is 0.151. The van der Waals surface area contributed by atoms with Gasteiger partial charge in [0.25, 0.3) is 11.8 Å². The zero-order valence-electron chi connectivity index (χ0n) is 24.8. The minimum atomic E-state index is -5.08. The summed E-state index contributed by atoms with van der Waals surface area (Å²) in [5.41, 5.74) is 0. The van der Waals surface area contributed by atoms with E-state index < -0.39 is 82.4 Å². The minimum Gasteiger partial charge on any atom is -0.475 e. The highest BCUT2D eigenvalue weighted by atomic mass is 32.2. The summed E-state index contributed by atoms with van der Waals surface area (Å²) in [5, 5.41) is 31.0. The van der Waals surface area contributed by atoms with Crippen LogP contribution in [0.5, 0.6) is 0 Å². The number of sulfonamides is 1. The van der Waals surface area contributed by atoms with Crippen molar-refractivity contribution in [2.24, 2.45) is 5.92 Å². The SMILES string of the molecule is CC[C@H](C)[C@H](NS(C)(=O)=O)C(=O)NCCN1C(=O)C=CC1=O.O=C(O)C(F)(F)F.O=C(O)C(F)(F)F.O=C(O)C(F)(F)F.O=C(O)C(F)(F)F. The first-order valence-electron chi connectivity index (χ1n) is 11.9. The van der Waals surface area contributed by atoms with Crippen LogP contribution in [0.1, 0.15) is 20.3 Å². The molecule has 0 bridgehead atoms. The van der Waals surface area contributed by atoms with E-state index in [0.29, 0.717) is 6.42 Å². The number of hydrogen-bond donors (Lipinski definition) is 6. The molecular weight excluding hydrogens is 762 g/mol. The molecule has 0 aromatic heterocycles. The van der Waals surface area contributed by atoms with Gasteiger partial charge in [0, 0.05) is 25.2 Å². The molecule has 0 saturated carbocycles. The maximum Gasteiger partial charge on any atom is 0.490 e. The van der Waals surface area contributed by atoms with Gasteiger partial charge in [-0.2, -0.15) is 52.7 Å². The van der Waals surface area contributed by atoms with Crippen molar-refractivity contribution in [3.8, 4) is 0 Å². The van der Waals surface area contributed by atoms with Gasteiger partial charge in [0.05, 0.1) is 6.26 Å². The number of amides is 3. The van der Waals surface area contributed by atoms with Crippen LogP contribution in [-0.2, 0) is 43.6 Å². The van der Waals surface area contributed by atoms with Gasteiger partial charge in [0.2, 0.25) is 15.9 Å². The van der Waals surface area contributed by atoms with Crippen LogP contribution in [0.15, 0.2) is 12.2 Å². The summed E-state index contributed by atoms with van der Waals surface area (Å²) in [7, 11) is -3.52. The summed E-state index contributed by atoms with van der Waals surface area (Å²) in [4.78, 5) is 71.4. The number of rotatable bonds is 8. The number of imide groups is 1. The van der Waals surface area contributed by atoms with Crippen molar-refractivity contribution in [3.63, 3.8) is 0 Å². The van der Waals surface area contributed by atoms with E-state index in [1.807, 2.05) is 6.92 Å². The second kappa shape index (κ2) is 21.4. The Morgan fingerprint density at radius 1 is 0.700 bits per heavy atom. The Morgan fingerprint density at radius 3 is 1.16 bits per heavy atom. The van der Waals surface area contributed by atoms with Crippen LogP contribution in [0.4, 0.5) is 52.7 Å². The number of alkyl halides is 12. The molecule has 50 heavy (non-hydrogen) atoms. The number of aliphatic carboxylic acids is 4. The average Bonchev–Trinajstić information content (AvgIpc) is 3.22. The molecule has 292 valence electrons. The van der Waals surface area contributed by atoms with E-state index in [4.69, 9.17) is 39.6 Å². The van der Waals surface area contributed by atoms with E-state index in [9.17, 15) is 75.5 Å². The standard InChI is InChI=1S/C13H21N3O5S.4C2HF3O2/c1-4-9(2)12(15-22(3,20)21)13(19)14-7-8-16-10(17)5-6-11(16)18;4*3-2(4,5)1(6)7/h5-6,9,12,15H,4,7-8H2,1-3H3,(H,14,19);4*(H,6,7)/t9-,12-;;;;/m0..../s1. The van der Waals surface area contributed by atoms with Crippen LogP contribution in [0.3, 0.4) is 0 Å². The van der Waals surface area contributed by atoms with Gasteiger partial charge in [-0.15, -0.1) is 0 Å². The van der Waals surface area contributed by atoms with Gasteiger partial charge in [-0.3, -0.25) is 19.3 Å². The van der Waals surface area contributed by atoms with Gasteiger partial charge in [0.1, 0.15) is 6.04 Å². The highest BCUT2D eigenvalue weighted by molar-refractivity contribution is 7.88. The van der Waals surface area contributed by atoms with Crippen molar-refractivity contribution in [1.82, 2.24) is 14.9 Å². The van der Waals surface area contributed by atoms with Gasteiger partial charge in [-0.1, -0.05) is 20.3 Å². The van der Waals surface area contributed by atoms with Gasteiger partial charge >= 0.3 is 48.6 Å². The third-order valence-electron chi connectivity index (χ3n) is 4.34. The van der Waals surface area contributed by atoms with Gasteiger partial charge in [-0.25, -0.2) is 32.3 Å². The highest BCUT2D eigenvalue weighted by Gasteiger charge is 2.40. The first-order valence-corrected chi connectivity index (χ1v) is 13.8. The molecule has 6 N–H and O–H groups in total. The van der Waals surface area contributed by atoms with E-state index in [-0.39, 0.29) is 19.0 Å². The maximum absolute atomic E-state index is 12.1. The minimum absolute atomic E-state index is 0.0442. The van der Waals surface area contributed by atoms with Crippen molar-refractivity contribution in [2.75, 3.05) is 19.3 Å². The van der Waals surface area contributed by atoms with E-state index in [1.165, 1.54) is 0 Å². The van der Waals surface area contributed by atoms with Crippen molar-refractivity contribution in [3.05, 3.63) is 12.2 Å². The lowest BCUT2D eigenvalue weighted by atomic mass is 9.99. The topological polar surface area (TPSA) is 262 Å². The second-order valence-corrected chi connectivity index (χ2v) is 10.2. The fourth-order valence-electron chi connectivity index (χ4n) is 1.95. The third kappa shape index (κ3) is 27.3. The molecule has 0 aromatic carbocycles. The number of hydrogen-bond acceptors (Lipinski definition) is 9. The molecule has 1 heterocycles. The van der Waals surface area contributed by atoms with Crippen LogP contribution >= 0.6 is 0 Å². The smallest absolute Gasteiger partial charge is 0.475 e. The Morgan fingerprint density at radius 2 is 0.960 bits per heavy atom. The summed E-state index contributed by atoms with van der Waals surface area (Å²) in [6.07, 6.45) is -16.4. The Hall–Kier alpha value is -4.70. The van der Waals surface area contributed by atoms with Crippen LogP contribution in [-0.4, -0.2) is 125 Å². The third-order valence-corrected chi connectivity index (χ3v) is 5.02. The molecule has 29 heteroatoms. The summed E-state index contributed by atoms with van der Waals surface area (Å²) >= 11 is 0. The number of nitrogens with one attached hydrogen (secondary N) is 2. The van der Waals surface area contributed by atoms with E-state index >= 15 is 0 Å². The van der Waals surface area contributed by atoms with E-state index in [0.717, 1.165) is 23.3 Å². The normalized spacial score (nSPS) is 14.1. The number of carboxylic acids is 4. The molecule has 0 unspecified atom stereocenters. The predicted molar refractivity (Wildman–Crippen MR) is 135 cm³/mol. The molecular formula is C21H25F12N3O13S. The van der Waals surface area contributed by atoms with E-state index in [2.05, 4.69) is 10.0 Å². The molecule has 0 aromatic rings. The Bertz CT molecular complexity index is 1210. The number of halogens is 12. The zero-order chi connectivity index (χ0) is 41.2. The average molecular weight is 787 g/mol. The van der Waals surface area contributed by atoms with Gasteiger partial charge in [-0.05, 0) is 5.92 Å². The number of nitrogens with zero attached hydrogens (tertiary/aromatic N) is 1. The number of carbonyl (C=O) groups is 7. The summed E-state index contributed by atoms with van der Waals surface area (Å²) in [6, 6.07) is -0.886. The molecule has 1 aliphatic rings. The predicted octanol–water partition coefficient (Wildman–Crippen LogP) is 1.52. The van der Waals surface area contributed by atoms with Gasteiger partial charge < -0.3 is 25.7 Å². The van der Waals surface area contributed by atoms with Gasteiger partial charge in [0.15, 0.2) is 0 Å². The Kier molecular flexibility index (Phi) is 22.3. The van der Waals surface area contributed by atoms with Crippen LogP contribution in [0.2, 0.25) is 0 Å². The molecule has 16 nitrogen and oxygen atoms in total. The summed E-state index contributed by atoms with van der Waals surface area (Å²) in [5.74, 6) is -12.5. The largest absolute Gasteiger partial charge is 0.490 e. The van der Waals surface area contributed by atoms with Crippen LogP contribution < -0.4 is 10.0 Å². The first-order chi connectivity index (χ1) is 21.9. The summed E-state index contributed by atoms with van der Waals surface area (Å²) < 4.78 is 152. The van der Waals surface area contributed by atoms with Crippen molar-refractivity contribution >= 4 is 51.6 Å². The highest BCUT2D eigenvalue weighted by Crippen LogP contribution is 2.15. The van der Waals surface area contributed by atoms with E-state index in [1.54, 1.807) is 6.92 Å². The molecule has 1 rings (SSSR count). The molecule has 0 saturated heterocycles. The lowest BCUT2D eigenvalue weighted by Crippen LogP contribution is -2.51. The molecule has 0 radical (unpaired) electrons. The first kappa shape index (κ1) is 52.1. The molecule has 0 fully saturated rings. The van der Waals surface area contributed by atoms with Crippen LogP contribution in [0.25, 0.3) is 0 Å². The summed E-state index contributed by atoms with van der Waals surface area (Å²) in [6.45, 7) is 3.72. The number of carboxylic acid groups (broad SMARTS) is 4. The zero-order valence-corrected chi connectivity index (χ0v) is 25.6. The lowest BCUT2D eigenvalue weighted by Gasteiger charge is -2.23. The monoisotopic (exact) mass is 787 g/mol. The fourth-order valence-corrected chi connectivity index (χ4v) is 2.75. The van der Waals surface area contributed by atoms with Crippen molar-refractivity contribution < 1.29 is 115 Å². The Balaban J connectivity index is -0.000000309. The lowest BCUT2D eigenvalue weighted by molar-refractivity contribution is -0.193. The molecule has 0 spiro atoms. The fraction of sp³-hybridized carbons (Fsp3) is 0.571. The number of carbonyl (C=O) groups excluding carboxylic acids is 3. The van der Waals surface area contributed by atoms with Crippen LogP contribution in [0, 0.1) is 5.92 Å². The Labute approximate surface area is 270 Å². The molecule has 0 aliphatic carbocycles. The second-order valence-electron chi connectivity index (χ2n) is 8.42. The van der Waals surface area contributed by atoms with Crippen molar-refractivity contribution in [1.29, 1.82) is 0 Å². The maximum atomic E-state index is 12.1. The van der Waals surface area contributed by atoms with Crippen molar-refractivity contribution in [2.45, 2.75) is 51.0 Å². The molecule has 3 amide bonds. The molecule has 2 atom stereocenters. The molecule has 1 aliphatic heterocycles.